The summed E-state index contributed by atoms with van der Waals surface area (Å²) in [6.07, 6.45) is 1.33. The Labute approximate surface area is 72.6 Å². The number of H-pyrrole nitrogens is 1. The van der Waals surface area contributed by atoms with E-state index in [0.29, 0.717) is 12.8 Å². The van der Waals surface area contributed by atoms with Crippen molar-refractivity contribution in [3.63, 3.8) is 0 Å². The van der Waals surface area contributed by atoms with E-state index in [1.54, 1.807) is 0 Å². The van der Waals surface area contributed by atoms with E-state index in [-0.39, 0.29) is 11.8 Å². The number of aromatic nitrogens is 2. The van der Waals surface area contributed by atoms with Crippen LogP contribution in [0.15, 0.2) is 9.21 Å². The standard InChI is InChI=1S/C7H8N2O4/c10-6(11)4-2-1-3(4)5-8-9-7(12)13-5/h3-4H,1-2H2,(H,9,12)(H,10,11). The molecule has 1 heterocycles. The van der Waals surface area contributed by atoms with E-state index in [1.165, 1.54) is 0 Å². The first kappa shape index (κ1) is 8.03. The number of hydrogen-bond donors (Lipinski definition) is 2. The molecule has 0 aromatic carbocycles. The molecule has 1 aliphatic rings. The predicted octanol–water partition coefficient (Wildman–Crippen LogP) is -0.0589. The number of nitrogens with zero attached hydrogens (tertiary/aromatic N) is 1. The van der Waals surface area contributed by atoms with E-state index in [4.69, 9.17) is 5.11 Å². The Morgan fingerprint density at radius 3 is 2.77 bits per heavy atom. The first-order chi connectivity index (χ1) is 6.18. The molecule has 6 nitrogen and oxygen atoms in total. The molecular weight excluding hydrogens is 176 g/mol. The van der Waals surface area contributed by atoms with Gasteiger partial charge in [-0.2, -0.15) is 0 Å². The van der Waals surface area contributed by atoms with Crippen LogP contribution in [-0.4, -0.2) is 21.3 Å². The minimum absolute atomic E-state index is 0.212. The average molecular weight is 184 g/mol. The number of rotatable bonds is 2. The summed E-state index contributed by atoms with van der Waals surface area (Å²) in [6.45, 7) is 0. The van der Waals surface area contributed by atoms with Crippen molar-refractivity contribution < 1.29 is 14.3 Å². The third kappa shape index (κ3) is 1.24. The van der Waals surface area contributed by atoms with Gasteiger partial charge in [0.05, 0.1) is 11.8 Å². The van der Waals surface area contributed by atoms with Gasteiger partial charge < -0.3 is 9.52 Å². The lowest BCUT2D eigenvalue weighted by Crippen LogP contribution is -2.31. The maximum atomic E-state index is 10.6. The number of carbonyl (C=O) groups is 1. The Balaban J connectivity index is 2.19. The van der Waals surface area contributed by atoms with Gasteiger partial charge in [0.25, 0.3) is 0 Å². The van der Waals surface area contributed by atoms with Crippen LogP contribution in [-0.2, 0) is 4.79 Å². The lowest BCUT2D eigenvalue weighted by molar-refractivity contribution is -0.146. The van der Waals surface area contributed by atoms with Crippen molar-refractivity contribution in [1.29, 1.82) is 0 Å². The van der Waals surface area contributed by atoms with Crippen LogP contribution in [0.2, 0.25) is 0 Å². The molecule has 6 heteroatoms. The molecule has 1 fully saturated rings. The molecule has 2 atom stereocenters. The maximum absolute atomic E-state index is 10.6. The minimum atomic E-state index is -0.859. The first-order valence-corrected chi connectivity index (χ1v) is 3.96. The van der Waals surface area contributed by atoms with Crippen molar-refractivity contribution in [2.24, 2.45) is 5.92 Å². The quantitative estimate of drug-likeness (QED) is 0.671. The summed E-state index contributed by atoms with van der Waals surface area (Å²) < 4.78 is 4.68. The van der Waals surface area contributed by atoms with Crippen LogP contribution in [0.4, 0.5) is 0 Å². The van der Waals surface area contributed by atoms with E-state index in [2.05, 4.69) is 14.6 Å². The molecule has 2 rings (SSSR count). The molecule has 0 radical (unpaired) electrons. The fraction of sp³-hybridized carbons (Fsp3) is 0.571. The molecule has 1 aromatic heterocycles. The SMILES string of the molecule is O=C(O)C1CCC1c1n[nH]c(=O)o1. The van der Waals surface area contributed by atoms with Gasteiger partial charge in [-0.25, -0.2) is 9.89 Å². The summed E-state index contributed by atoms with van der Waals surface area (Å²) in [5.41, 5.74) is 0. The fourth-order valence-electron chi connectivity index (χ4n) is 1.49. The maximum Gasteiger partial charge on any atom is 0.434 e. The van der Waals surface area contributed by atoms with E-state index >= 15 is 0 Å². The monoisotopic (exact) mass is 184 g/mol. The normalized spacial score (nSPS) is 26.8. The molecule has 0 saturated heterocycles. The number of aromatic amines is 1. The molecule has 2 unspecified atom stereocenters. The van der Waals surface area contributed by atoms with Crippen LogP contribution in [0.1, 0.15) is 24.7 Å². The number of aliphatic carboxylic acids is 1. The van der Waals surface area contributed by atoms with E-state index in [0.717, 1.165) is 0 Å². The van der Waals surface area contributed by atoms with Gasteiger partial charge in [-0.15, -0.1) is 5.10 Å². The molecule has 1 aromatic rings. The molecule has 0 spiro atoms. The molecule has 70 valence electrons. The molecule has 13 heavy (non-hydrogen) atoms. The summed E-state index contributed by atoms with van der Waals surface area (Å²) >= 11 is 0. The third-order valence-electron chi connectivity index (χ3n) is 2.36. The Morgan fingerprint density at radius 1 is 1.62 bits per heavy atom. The predicted molar refractivity (Wildman–Crippen MR) is 40.2 cm³/mol. The highest BCUT2D eigenvalue weighted by Gasteiger charge is 2.40. The fourth-order valence-corrected chi connectivity index (χ4v) is 1.49. The number of carboxylic acid groups (broad SMARTS) is 1. The van der Waals surface area contributed by atoms with Gasteiger partial charge in [-0.05, 0) is 12.8 Å². The topological polar surface area (TPSA) is 96.2 Å². The van der Waals surface area contributed by atoms with Crippen LogP contribution in [0.3, 0.4) is 0 Å². The van der Waals surface area contributed by atoms with Gasteiger partial charge >= 0.3 is 11.7 Å². The Morgan fingerprint density at radius 2 is 2.38 bits per heavy atom. The highest BCUT2D eigenvalue weighted by Crippen LogP contribution is 2.41. The molecule has 1 saturated carbocycles. The van der Waals surface area contributed by atoms with Crippen molar-refractivity contribution in [2.45, 2.75) is 18.8 Å². The second-order valence-corrected chi connectivity index (χ2v) is 3.08. The summed E-state index contributed by atoms with van der Waals surface area (Å²) in [7, 11) is 0. The van der Waals surface area contributed by atoms with Crippen LogP contribution in [0.25, 0.3) is 0 Å². The summed E-state index contributed by atoms with van der Waals surface area (Å²) in [5.74, 6) is -1.97. The average Bonchev–Trinajstić information content (AvgIpc) is 2.32. The van der Waals surface area contributed by atoms with Crippen molar-refractivity contribution in [1.82, 2.24) is 10.2 Å². The minimum Gasteiger partial charge on any atom is -0.481 e. The lowest BCUT2D eigenvalue weighted by Gasteiger charge is -2.29. The van der Waals surface area contributed by atoms with E-state index in [9.17, 15) is 9.59 Å². The van der Waals surface area contributed by atoms with Crippen molar-refractivity contribution >= 4 is 5.97 Å². The summed E-state index contributed by atoms with van der Waals surface area (Å²) in [6, 6.07) is 0. The zero-order valence-electron chi connectivity index (χ0n) is 6.69. The number of nitrogens with one attached hydrogen (secondary N) is 1. The number of carboxylic acids is 1. The number of hydrogen-bond acceptors (Lipinski definition) is 4. The second kappa shape index (κ2) is 2.72. The smallest absolute Gasteiger partial charge is 0.434 e. The van der Waals surface area contributed by atoms with Crippen LogP contribution in [0.5, 0.6) is 0 Å². The van der Waals surface area contributed by atoms with Crippen LogP contribution >= 0.6 is 0 Å². The Hall–Kier alpha value is -1.59. The van der Waals surface area contributed by atoms with E-state index < -0.39 is 17.6 Å². The Bertz CT molecular complexity index is 380. The molecule has 0 aliphatic heterocycles. The molecule has 0 amide bonds. The zero-order chi connectivity index (χ0) is 9.42. The van der Waals surface area contributed by atoms with Gasteiger partial charge in [0.1, 0.15) is 0 Å². The highest BCUT2D eigenvalue weighted by atomic mass is 16.4. The third-order valence-corrected chi connectivity index (χ3v) is 2.36. The first-order valence-electron chi connectivity index (χ1n) is 3.96. The van der Waals surface area contributed by atoms with Gasteiger partial charge in [-0.1, -0.05) is 0 Å². The largest absolute Gasteiger partial charge is 0.481 e. The van der Waals surface area contributed by atoms with Crippen molar-refractivity contribution in [3.8, 4) is 0 Å². The molecular formula is C7H8N2O4. The summed E-state index contributed by atoms with van der Waals surface area (Å²) in [5, 5.41) is 14.4. The van der Waals surface area contributed by atoms with E-state index in [1.807, 2.05) is 0 Å². The highest BCUT2D eigenvalue weighted by molar-refractivity contribution is 5.72. The van der Waals surface area contributed by atoms with Gasteiger partial charge in [0.2, 0.25) is 5.89 Å². The van der Waals surface area contributed by atoms with Crippen molar-refractivity contribution in [3.05, 3.63) is 16.4 Å². The van der Waals surface area contributed by atoms with Crippen LogP contribution < -0.4 is 5.76 Å². The van der Waals surface area contributed by atoms with Crippen LogP contribution in [0, 0.1) is 5.92 Å². The molecule has 2 N–H and O–H groups in total. The van der Waals surface area contributed by atoms with Gasteiger partial charge in [-0.3, -0.25) is 4.79 Å². The molecule has 1 aliphatic carbocycles. The van der Waals surface area contributed by atoms with Crippen molar-refractivity contribution in [2.75, 3.05) is 0 Å². The lowest BCUT2D eigenvalue weighted by atomic mass is 9.73. The Kier molecular flexibility index (Phi) is 1.68. The molecule has 0 bridgehead atoms. The zero-order valence-corrected chi connectivity index (χ0v) is 6.69. The van der Waals surface area contributed by atoms with Gasteiger partial charge in [0.15, 0.2) is 0 Å². The summed E-state index contributed by atoms with van der Waals surface area (Å²) in [4.78, 5) is 21.2. The second-order valence-electron chi connectivity index (χ2n) is 3.08. The van der Waals surface area contributed by atoms with Gasteiger partial charge in [0, 0.05) is 0 Å².